The Balaban J connectivity index is 2.42. The van der Waals surface area contributed by atoms with Crippen LogP contribution in [0.3, 0.4) is 0 Å². The summed E-state index contributed by atoms with van der Waals surface area (Å²) in [6.07, 6.45) is -1.51. The van der Waals surface area contributed by atoms with E-state index >= 15 is 0 Å². The third kappa shape index (κ3) is 2.87. The number of sulfone groups is 1. The number of carboxylic acid groups (broad SMARTS) is 1. The number of alkyl halides is 2. The zero-order chi connectivity index (χ0) is 15.8. The first-order chi connectivity index (χ1) is 9.65. The SMILES string of the molecule is N[C@@H](CC(F)(F)S(=O)(=O)c1nc2ccccc2s1)C(=O)O. The number of aliphatic carboxylic acids is 1. The van der Waals surface area contributed by atoms with E-state index in [1.807, 2.05) is 0 Å². The Morgan fingerprint density at radius 2 is 2.05 bits per heavy atom. The molecule has 1 aromatic carbocycles. The van der Waals surface area contributed by atoms with Gasteiger partial charge in [-0.15, -0.1) is 11.3 Å². The van der Waals surface area contributed by atoms with E-state index in [0.717, 1.165) is 0 Å². The topological polar surface area (TPSA) is 110 Å². The summed E-state index contributed by atoms with van der Waals surface area (Å²) in [5, 5.41) is 4.22. The van der Waals surface area contributed by atoms with Gasteiger partial charge in [-0.3, -0.25) is 4.79 Å². The molecular formula is C11H10F2N2O4S2. The highest BCUT2D eigenvalue weighted by Gasteiger charge is 2.50. The number of fused-ring (bicyclic) bond motifs is 1. The fourth-order valence-corrected chi connectivity index (χ4v) is 4.19. The lowest BCUT2D eigenvalue weighted by atomic mass is 10.2. The Kier molecular flexibility index (Phi) is 3.95. The molecule has 1 atom stereocenters. The fourth-order valence-electron chi connectivity index (χ4n) is 1.55. The average molecular weight is 336 g/mol. The zero-order valence-electron chi connectivity index (χ0n) is 10.4. The van der Waals surface area contributed by atoms with Gasteiger partial charge in [0.2, 0.25) is 4.34 Å². The molecule has 0 aliphatic heterocycles. The number of carboxylic acids is 1. The van der Waals surface area contributed by atoms with E-state index in [2.05, 4.69) is 4.98 Å². The highest BCUT2D eigenvalue weighted by atomic mass is 32.2. The van der Waals surface area contributed by atoms with Crippen molar-refractivity contribution in [2.75, 3.05) is 0 Å². The van der Waals surface area contributed by atoms with Gasteiger partial charge in [-0.25, -0.2) is 13.4 Å². The standard InChI is InChI=1S/C11H10F2N2O4S2/c12-11(13,5-6(14)9(16)17)21(18,19)10-15-7-3-1-2-4-8(7)20-10/h1-4,6H,5,14H2,(H,16,17)/t6-/m0/s1. The predicted octanol–water partition coefficient (Wildman–Crippen LogP) is 1.46. The molecule has 0 aliphatic rings. The number of aromatic nitrogens is 1. The largest absolute Gasteiger partial charge is 0.480 e. The molecule has 0 bridgehead atoms. The van der Waals surface area contributed by atoms with Gasteiger partial charge in [-0.2, -0.15) is 8.78 Å². The molecule has 0 saturated carbocycles. The molecule has 0 amide bonds. The van der Waals surface area contributed by atoms with Gasteiger partial charge in [-0.05, 0) is 12.1 Å². The van der Waals surface area contributed by atoms with E-state index in [-0.39, 0.29) is 5.52 Å². The van der Waals surface area contributed by atoms with Gasteiger partial charge in [0.05, 0.1) is 16.6 Å². The second-order valence-electron chi connectivity index (χ2n) is 4.24. The highest BCUT2D eigenvalue weighted by molar-refractivity contribution is 7.94. The van der Waals surface area contributed by atoms with E-state index in [0.29, 0.717) is 16.0 Å². The number of nitrogens with two attached hydrogens (primary N) is 1. The third-order valence-corrected chi connectivity index (χ3v) is 5.92. The lowest BCUT2D eigenvalue weighted by Crippen LogP contribution is -2.40. The van der Waals surface area contributed by atoms with Crippen molar-refractivity contribution in [3.63, 3.8) is 0 Å². The number of benzene rings is 1. The fraction of sp³-hybridized carbons (Fsp3) is 0.273. The summed E-state index contributed by atoms with van der Waals surface area (Å²) in [6, 6.07) is 4.27. The van der Waals surface area contributed by atoms with Crippen LogP contribution in [0.4, 0.5) is 8.78 Å². The highest BCUT2D eigenvalue weighted by Crippen LogP contribution is 2.36. The van der Waals surface area contributed by atoms with E-state index in [9.17, 15) is 22.0 Å². The Morgan fingerprint density at radius 3 is 2.62 bits per heavy atom. The lowest BCUT2D eigenvalue weighted by molar-refractivity contribution is -0.139. The first-order valence-corrected chi connectivity index (χ1v) is 7.91. The molecule has 114 valence electrons. The second-order valence-corrected chi connectivity index (χ2v) is 7.52. The van der Waals surface area contributed by atoms with Gasteiger partial charge in [0.1, 0.15) is 6.04 Å². The summed E-state index contributed by atoms with van der Waals surface area (Å²) in [6.45, 7) is 0. The molecule has 0 saturated heterocycles. The molecule has 2 rings (SSSR count). The van der Waals surface area contributed by atoms with Crippen molar-refractivity contribution in [1.29, 1.82) is 0 Å². The lowest BCUT2D eigenvalue weighted by Gasteiger charge is -2.17. The molecule has 1 heterocycles. The molecule has 0 unspecified atom stereocenters. The number of nitrogens with zero attached hydrogens (tertiary/aromatic N) is 1. The molecule has 10 heteroatoms. The minimum absolute atomic E-state index is 0.277. The summed E-state index contributed by atoms with van der Waals surface area (Å²) < 4.78 is 51.3. The van der Waals surface area contributed by atoms with Gasteiger partial charge in [0.25, 0.3) is 9.84 Å². The Hall–Kier alpha value is -1.65. The van der Waals surface area contributed by atoms with Crippen LogP contribution in [-0.4, -0.2) is 35.8 Å². The van der Waals surface area contributed by atoms with Crippen LogP contribution in [0.1, 0.15) is 6.42 Å². The molecule has 6 nitrogen and oxygen atoms in total. The van der Waals surface area contributed by atoms with E-state index < -0.39 is 37.9 Å². The Morgan fingerprint density at radius 1 is 1.43 bits per heavy atom. The van der Waals surface area contributed by atoms with Crippen LogP contribution in [0.25, 0.3) is 10.2 Å². The van der Waals surface area contributed by atoms with Crippen molar-refractivity contribution in [2.24, 2.45) is 5.73 Å². The van der Waals surface area contributed by atoms with E-state index in [1.54, 1.807) is 18.2 Å². The van der Waals surface area contributed by atoms with Crippen LogP contribution in [-0.2, 0) is 14.6 Å². The summed E-state index contributed by atoms with van der Waals surface area (Å²) >= 11 is 0.599. The van der Waals surface area contributed by atoms with Gasteiger partial charge in [-0.1, -0.05) is 12.1 Å². The molecule has 0 radical (unpaired) electrons. The number of carbonyl (C=O) groups is 1. The molecule has 1 aromatic heterocycles. The predicted molar refractivity (Wildman–Crippen MR) is 72.0 cm³/mol. The molecule has 3 N–H and O–H groups in total. The quantitative estimate of drug-likeness (QED) is 0.855. The number of rotatable bonds is 5. The van der Waals surface area contributed by atoms with Gasteiger partial charge >= 0.3 is 11.2 Å². The number of hydrogen-bond acceptors (Lipinski definition) is 6. The van der Waals surface area contributed by atoms with Crippen molar-refractivity contribution in [3.8, 4) is 0 Å². The summed E-state index contributed by atoms with van der Waals surface area (Å²) in [7, 11) is -5.10. The van der Waals surface area contributed by atoms with Gasteiger partial charge < -0.3 is 10.8 Å². The van der Waals surface area contributed by atoms with Gasteiger partial charge in [0, 0.05) is 0 Å². The van der Waals surface area contributed by atoms with Crippen molar-refractivity contribution in [1.82, 2.24) is 4.98 Å². The van der Waals surface area contributed by atoms with Crippen LogP contribution in [0.5, 0.6) is 0 Å². The second kappa shape index (κ2) is 5.28. The van der Waals surface area contributed by atoms with Gasteiger partial charge in [0.15, 0.2) is 0 Å². The van der Waals surface area contributed by atoms with E-state index in [4.69, 9.17) is 10.8 Å². The maximum Gasteiger partial charge on any atom is 0.354 e. The van der Waals surface area contributed by atoms with E-state index in [1.165, 1.54) is 6.07 Å². The number of thiazole rings is 1. The Labute approximate surface area is 122 Å². The number of para-hydroxylation sites is 1. The first-order valence-electron chi connectivity index (χ1n) is 5.61. The normalized spacial score (nSPS) is 14.2. The minimum Gasteiger partial charge on any atom is -0.480 e. The van der Waals surface area contributed by atoms with Crippen LogP contribution in [0, 0.1) is 0 Å². The summed E-state index contributed by atoms with van der Waals surface area (Å²) in [5.41, 5.74) is 5.27. The summed E-state index contributed by atoms with van der Waals surface area (Å²) in [4.78, 5) is 14.2. The molecule has 2 aromatic rings. The van der Waals surface area contributed by atoms with Crippen molar-refractivity contribution in [2.45, 2.75) is 22.1 Å². The van der Waals surface area contributed by atoms with Crippen LogP contribution in [0.2, 0.25) is 0 Å². The molecule has 21 heavy (non-hydrogen) atoms. The third-order valence-electron chi connectivity index (χ3n) is 2.67. The minimum atomic E-state index is -5.10. The van der Waals surface area contributed by atoms with Crippen molar-refractivity contribution in [3.05, 3.63) is 24.3 Å². The zero-order valence-corrected chi connectivity index (χ0v) is 12.0. The van der Waals surface area contributed by atoms with Crippen LogP contribution >= 0.6 is 11.3 Å². The summed E-state index contributed by atoms with van der Waals surface area (Å²) in [5.74, 6) is -1.70. The number of halogens is 2. The van der Waals surface area contributed by atoms with Crippen LogP contribution < -0.4 is 5.73 Å². The van der Waals surface area contributed by atoms with Crippen molar-refractivity contribution < 1.29 is 27.1 Å². The molecule has 0 aliphatic carbocycles. The maximum absolute atomic E-state index is 13.9. The number of hydrogen-bond donors (Lipinski definition) is 2. The maximum atomic E-state index is 13.9. The monoisotopic (exact) mass is 336 g/mol. The molecule has 0 fully saturated rings. The van der Waals surface area contributed by atoms with Crippen LogP contribution in [0.15, 0.2) is 28.6 Å². The molecule has 0 spiro atoms. The first kappa shape index (κ1) is 15.7. The average Bonchev–Trinajstić information content (AvgIpc) is 2.82. The van der Waals surface area contributed by atoms with Crippen molar-refractivity contribution >= 4 is 37.4 Å². The Bertz CT molecular complexity index is 755. The molecular weight excluding hydrogens is 326 g/mol. The smallest absolute Gasteiger partial charge is 0.354 e.